The summed E-state index contributed by atoms with van der Waals surface area (Å²) in [6.45, 7) is 2.01. The van der Waals surface area contributed by atoms with Crippen LogP contribution in [0.25, 0.3) is 0 Å². The van der Waals surface area contributed by atoms with Crippen molar-refractivity contribution in [2.45, 2.75) is 25.6 Å². The number of alkyl halides is 3. The minimum absolute atomic E-state index is 0.0343. The SMILES string of the molecule is CC1CC1Nc1nc(C(F)(F)F)ccc1C(N)=S. The van der Waals surface area contributed by atoms with Crippen molar-refractivity contribution in [2.75, 3.05) is 5.32 Å². The minimum Gasteiger partial charge on any atom is -0.389 e. The predicted molar refractivity (Wildman–Crippen MR) is 66.3 cm³/mol. The molecule has 0 aromatic carbocycles. The molecule has 2 atom stereocenters. The molecule has 0 radical (unpaired) electrons. The molecule has 1 fully saturated rings. The van der Waals surface area contributed by atoms with Crippen molar-refractivity contribution in [1.29, 1.82) is 0 Å². The van der Waals surface area contributed by atoms with E-state index in [1.807, 2.05) is 6.92 Å². The van der Waals surface area contributed by atoms with E-state index in [2.05, 4.69) is 10.3 Å². The van der Waals surface area contributed by atoms with Gasteiger partial charge in [-0.15, -0.1) is 0 Å². The number of anilines is 1. The van der Waals surface area contributed by atoms with Crippen molar-refractivity contribution < 1.29 is 13.2 Å². The van der Waals surface area contributed by atoms with E-state index in [4.69, 9.17) is 18.0 Å². The molecule has 1 aromatic rings. The van der Waals surface area contributed by atoms with Crippen LogP contribution in [0.15, 0.2) is 12.1 Å². The summed E-state index contributed by atoms with van der Waals surface area (Å²) in [5.41, 5.74) is 4.87. The van der Waals surface area contributed by atoms with E-state index in [1.165, 1.54) is 6.07 Å². The van der Waals surface area contributed by atoms with Gasteiger partial charge in [0, 0.05) is 6.04 Å². The summed E-state index contributed by atoms with van der Waals surface area (Å²) in [5.74, 6) is 0.548. The van der Waals surface area contributed by atoms with Crippen LogP contribution in [0.4, 0.5) is 19.0 Å². The van der Waals surface area contributed by atoms with Crippen LogP contribution in [0.2, 0.25) is 0 Å². The maximum Gasteiger partial charge on any atom is 0.433 e. The molecule has 3 N–H and O–H groups in total. The van der Waals surface area contributed by atoms with Crippen LogP contribution in [-0.2, 0) is 6.18 Å². The van der Waals surface area contributed by atoms with Crippen LogP contribution < -0.4 is 11.1 Å². The van der Waals surface area contributed by atoms with Gasteiger partial charge in [0.15, 0.2) is 0 Å². The number of hydrogen-bond acceptors (Lipinski definition) is 3. The fraction of sp³-hybridized carbons (Fsp3) is 0.455. The molecule has 0 spiro atoms. The lowest BCUT2D eigenvalue weighted by Gasteiger charge is -2.13. The van der Waals surface area contributed by atoms with E-state index < -0.39 is 11.9 Å². The molecule has 2 unspecified atom stereocenters. The molecule has 1 heterocycles. The maximum absolute atomic E-state index is 12.6. The average Bonchev–Trinajstić information content (AvgIpc) is 2.92. The number of thiocarbonyl (C=S) groups is 1. The Hall–Kier alpha value is -1.37. The number of nitrogens with two attached hydrogens (primary N) is 1. The standard InChI is InChI=1S/C11H12F3N3S/c1-5-4-7(5)16-10-6(9(15)18)2-3-8(17-10)11(12,13)14/h2-3,5,7H,4H2,1H3,(H2,15,18)(H,16,17). The average molecular weight is 275 g/mol. The van der Waals surface area contributed by atoms with Gasteiger partial charge in [-0.25, -0.2) is 4.98 Å². The molecule has 0 saturated heterocycles. The Bertz CT molecular complexity index is 487. The van der Waals surface area contributed by atoms with Gasteiger partial charge in [-0.05, 0) is 24.5 Å². The van der Waals surface area contributed by atoms with Crippen molar-refractivity contribution in [3.05, 3.63) is 23.4 Å². The van der Waals surface area contributed by atoms with Crippen LogP contribution >= 0.6 is 12.2 Å². The summed E-state index contributed by atoms with van der Waals surface area (Å²) in [7, 11) is 0. The lowest BCUT2D eigenvalue weighted by Crippen LogP contribution is -2.18. The first-order chi connectivity index (χ1) is 8.29. The van der Waals surface area contributed by atoms with Crippen molar-refractivity contribution >= 4 is 23.0 Å². The molecular formula is C11H12F3N3S. The van der Waals surface area contributed by atoms with Crippen molar-refractivity contribution in [1.82, 2.24) is 4.98 Å². The molecule has 1 aliphatic rings. The topological polar surface area (TPSA) is 50.9 Å². The molecule has 3 nitrogen and oxygen atoms in total. The Balaban J connectivity index is 2.35. The predicted octanol–water partition coefficient (Wildman–Crippen LogP) is 2.55. The van der Waals surface area contributed by atoms with Crippen LogP contribution in [0, 0.1) is 5.92 Å². The van der Waals surface area contributed by atoms with Gasteiger partial charge < -0.3 is 11.1 Å². The van der Waals surface area contributed by atoms with E-state index >= 15 is 0 Å². The van der Waals surface area contributed by atoms with E-state index in [0.29, 0.717) is 11.5 Å². The summed E-state index contributed by atoms with van der Waals surface area (Å²) >= 11 is 4.81. The lowest BCUT2D eigenvalue weighted by molar-refractivity contribution is -0.141. The molecule has 1 aliphatic carbocycles. The van der Waals surface area contributed by atoms with Gasteiger partial charge in [0.05, 0.1) is 5.56 Å². The zero-order valence-corrected chi connectivity index (χ0v) is 10.4. The first-order valence-corrected chi connectivity index (χ1v) is 5.84. The molecule has 0 amide bonds. The largest absolute Gasteiger partial charge is 0.433 e. The van der Waals surface area contributed by atoms with Crippen LogP contribution in [0.3, 0.4) is 0 Å². The Morgan fingerprint density at radius 3 is 2.56 bits per heavy atom. The van der Waals surface area contributed by atoms with E-state index in [9.17, 15) is 13.2 Å². The van der Waals surface area contributed by atoms with E-state index in [0.717, 1.165) is 12.5 Å². The van der Waals surface area contributed by atoms with Gasteiger partial charge in [-0.3, -0.25) is 0 Å². The molecule has 0 bridgehead atoms. The quantitative estimate of drug-likeness (QED) is 0.832. The summed E-state index contributed by atoms with van der Waals surface area (Å²) in [5, 5.41) is 2.95. The summed E-state index contributed by atoms with van der Waals surface area (Å²) < 4.78 is 37.7. The smallest absolute Gasteiger partial charge is 0.389 e. The highest BCUT2D eigenvalue weighted by Crippen LogP contribution is 2.34. The Kier molecular flexibility index (Phi) is 3.18. The van der Waals surface area contributed by atoms with Crippen LogP contribution in [0.5, 0.6) is 0 Å². The van der Waals surface area contributed by atoms with Crippen molar-refractivity contribution in [3.8, 4) is 0 Å². The molecule has 7 heteroatoms. The van der Waals surface area contributed by atoms with Crippen molar-refractivity contribution in [3.63, 3.8) is 0 Å². The molecule has 1 saturated carbocycles. The first kappa shape index (κ1) is 13.1. The fourth-order valence-corrected chi connectivity index (χ4v) is 1.79. The number of hydrogen-bond donors (Lipinski definition) is 2. The van der Waals surface area contributed by atoms with Crippen LogP contribution in [-0.4, -0.2) is 16.0 Å². The van der Waals surface area contributed by atoms with Gasteiger partial charge in [-0.2, -0.15) is 13.2 Å². The number of halogens is 3. The third-order valence-corrected chi connectivity index (χ3v) is 3.10. The second-order valence-electron chi connectivity index (χ2n) is 4.42. The van der Waals surface area contributed by atoms with E-state index in [-0.39, 0.29) is 16.8 Å². The summed E-state index contributed by atoms with van der Waals surface area (Å²) in [6.07, 6.45) is -3.56. The van der Waals surface area contributed by atoms with Gasteiger partial charge >= 0.3 is 6.18 Å². The van der Waals surface area contributed by atoms with E-state index in [1.54, 1.807) is 0 Å². The molecule has 18 heavy (non-hydrogen) atoms. The first-order valence-electron chi connectivity index (χ1n) is 5.43. The Morgan fingerprint density at radius 1 is 1.50 bits per heavy atom. The number of pyridine rings is 1. The van der Waals surface area contributed by atoms with Crippen LogP contribution in [0.1, 0.15) is 24.6 Å². The van der Waals surface area contributed by atoms with Crippen molar-refractivity contribution in [2.24, 2.45) is 11.7 Å². The van der Waals surface area contributed by atoms with Gasteiger partial charge in [-0.1, -0.05) is 19.1 Å². The number of nitrogens with one attached hydrogen (secondary N) is 1. The Morgan fingerprint density at radius 2 is 2.11 bits per heavy atom. The fourth-order valence-electron chi connectivity index (χ4n) is 1.62. The van der Waals surface area contributed by atoms with Gasteiger partial charge in [0.1, 0.15) is 16.5 Å². The second-order valence-corrected chi connectivity index (χ2v) is 4.86. The summed E-state index contributed by atoms with van der Waals surface area (Å²) in [4.78, 5) is 3.61. The monoisotopic (exact) mass is 275 g/mol. The third-order valence-electron chi connectivity index (χ3n) is 2.88. The molecule has 2 rings (SSSR count). The minimum atomic E-state index is -4.47. The van der Waals surface area contributed by atoms with Gasteiger partial charge in [0.2, 0.25) is 0 Å². The number of nitrogens with zero attached hydrogens (tertiary/aromatic N) is 1. The molecule has 0 aliphatic heterocycles. The molecule has 98 valence electrons. The second kappa shape index (κ2) is 4.38. The highest BCUT2D eigenvalue weighted by molar-refractivity contribution is 7.80. The highest BCUT2D eigenvalue weighted by Gasteiger charge is 2.36. The Labute approximate surface area is 108 Å². The summed E-state index contributed by atoms with van der Waals surface area (Å²) in [6, 6.07) is 2.29. The zero-order chi connectivity index (χ0) is 13.5. The lowest BCUT2D eigenvalue weighted by atomic mass is 10.2. The third kappa shape index (κ3) is 2.72. The highest BCUT2D eigenvalue weighted by atomic mass is 32.1. The number of aromatic nitrogens is 1. The molecule has 1 aromatic heterocycles. The normalized spacial score (nSPS) is 22.7. The maximum atomic E-state index is 12.6. The molecular weight excluding hydrogens is 263 g/mol. The zero-order valence-electron chi connectivity index (χ0n) is 9.58. The van der Waals surface area contributed by atoms with Gasteiger partial charge in [0.25, 0.3) is 0 Å². The number of rotatable bonds is 3.